The number of carbonyl (C=O) groups excluding carboxylic acids is 1. The maximum absolute atomic E-state index is 14.0. The summed E-state index contributed by atoms with van der Waals surface area (Å²) in [6.07, 6.45) is -4.83. The Morgan fingerprint density at radius 2 is 1.69 bits per heavy atom. The van der Waals surface area contributed by atoms with Crippen molar-refractivity contribution in [1.82, 2.24) is 14.7 Å². The highest BCUT2D eigenvalue weighted by Crippen LogP contribution is 2.44. The first-order valence-corrected chi connectivity index (χ1v) is 11.9. The molecule has 0 spiro atoms. The minimum atomic E-state index is -4.54. The Kier molecular flexibility index (Phi) is 6.31. The average molecular weight is 524 g/mol. The molecule has 0 aliphatic carbocycles. The first kappa shape index (κ1) is 23.8. The molecule has 1 amide bonds. The number of benzene rings is 2. The molecule has 184 valence electrons. The summed E-state index contributed by atoms with van der Waals surface area (Å²) >= 11 is 12.1. The van der Waals surface area contributed by atoms with Gasteiger partial charge in [-0.25, -0.2) is 4.68 Å². The number of hydrogen-bond donors (Lipinski definition) is 1. The van der Waals surface area contributed by atoms with Crippen LogP contribution < -0.4 is 10.2 Å². The number of carbonyl (C=O) groups is 1. The first-order chi connectivity index (χ1) is 16.7. The predicted molar refractivity (Wildman–Crippen MR) is 129 cm³/mol. The van der Waals surface area contributed by atoms with E-state index in [0.29, 0.717) is 36.8 Å². The molecule has 0 bridgehead atoms. The summed E-state index contributed by atoms with van der Waals surface area (Å²) in [4.78, 5) is 16.9. The fourth-order valence-electron chi connectivity index (χ4n) is 4.59. The molecule has 2 unspecified atom stereocenters. The van der Waals surface area contributed by atoms with E-state index in [1.807, 2.05) is 30.3 Å². The lowest BCUT2D eigenvalue weighted by molar-refractivity contribution is -0.173. The molecular weight excluding hydrogens is 502 g/mol. The van der Waals surface area contributed by atoms with E-state index < -0.39 is 18.3 Å². The van der Waals surface area contributed by atoms with Crippen molar-refractivity contribution in [3.05, 3.63) is 75.9 Å². The summed E-state index contributed by atoms with van der Waals surface area (Å²) in [6, 6.07) is 13.5. The molecule has 2 aliphatic rings. The molecule has 1 N–H and O–H groups in total. The molecule has 5 rings (SSSR count). The number of rotatable bonds is 3. The van der Waals surface area contributed by atoms with Crippen LogP contribution in [0.4, 0.5) is 24.7 Å². The second-order valence-corrected chi connectivity index (χ2v) is 9.45. The van der Waals surface area contributed by atoms with Crippen molar-refractivity contribution in [2.75, 3.05) is 36.4 Å². The molecule has 0 saturated carbocycles. The lowest BCUT2D eigenvalue weighted by Crippen LogP contribution is -2.49. The van der Waals surface area contributed by atoms with Crippen molar-refractivity contribution in [3.63, 3.8) is 0 Å². The Labute approximate surface area is 210 Å². The summed E-state index contributed by atoms with van der Waals surface area (Å²) < 4.78 is 42.8. The van der Waals surface area contributed by atoms with Crippen molar-refractivity contribution in [1.29, 1.82) is 0 Å². The molecule has 3 heterocycles. The van der Waals surface area contributed by atoms with Crippen LogP contribution in [-0.2, 0) is 0 Å². The van der Waals surface area contributed by atoms with Crippen molar-refractivity contribution < 1.29 is 18.0 Å². The summed E-state index contributed by atoms with van der Waals surface area (Å²) in [6.45, 7) is 2.17. The highest BCUT2D eigenvalue weighted by Gasteiger charge is 2.47. The average Bonchev–Trinajstić information content (AvgIpc) is 3.29. The molecule has 2 aliphatic heterocycles. The van der Waals surface area contributed by atoms with Gasteiger partial charge in [-0.1, -0.05) is 47.5 Å². The van der Waals surface area contributed by atoms with Crippen molar-refractivity contribution in [3.8, 4) is 0 Å². The number of alkyl halides is 3. The van der Waals surface area contributed by atoms with Gasteiger partial charge in [-0.15, -0.1) is 0 Å². The molecule has 2 atom stereocenters. The van der Waals surface area contributed by atoms with Crippen LogP contribution >= 0.6 is 23.2 Å². The number of nitrogens with one attached hydrogen (secondary N) is 1. The molecule has 1 fully saturated rings. The van der Waals surface area contributed by atoms with E-state index >= 15 is 0 Å². The monoisotopic (exact) mass is 523 g/mol. The van der Waals surface area contributed by atoms with Gasteiger partial charge in [0.15, 0.2) is 11.7 Å². The topological polar surface area (TPSA) is 53.4 Å². The molecule has 35 heavy (non-hydrogen) atoms. The highest BCUT2D eigenvalue weighted by atomic mass is 35.5. The number of hydrogen-bond acceptors (Lipinski definition) is 4. The Bertz CT molecular complexity index is 1230. The zero-order valence-corrected chi connectivity index (χ0v) is 20.0. The highest BCUT2D eigenvalue weighted by molar-refractivity contribution is 6.42. The third-order valence-corrected chi connectivity index (χ3v) is 7.18. The van der Waals surface area contributed by atoms with Crippen LogP contribution in [0.1, 0.15) is 34.6 Å². The van der Waals surface area contributed by atoms with Crippen molar-refractivity contribution in [2.45, 2.75) is 24.7 Å². The summed E-state index contributed by atoms with van der Waals surface area (Å²) in [5, 5.41) is 7.77. The summed E-state index contributed by atoms with van der Waals surface area (Å²) in [5.41, 5.74) is 1.64. The maximum Gasteiger partial charge on any atom is 0.410 e. The van der Waals surface area contributed by atoms with Gasteiger partial charge in [-0.3, -0.25) is 4.79 Å². The third-order valence-electron chi connectivity index (χ3n) is 6.44. The number of para-hydroxylation sites is 1. The van der Waals surface area contributed by atoms with Gasteiger partial charge >= 0.3 is 6.18 Å². The van der Waals surface area contributed by atoms with Crippen LogP contribution in [0.5, 0.6) is 0 Å². The largest absolute Gasteiger partial charge is 0.410 e. The van der Waals surface area contributed by atoms with E-state index in [1.54, 1.807) is 23.1 Å². The van der Waals surface area contributed by atoms with Crippen molar-refractivity contribution in [2.24, 2.45) is 0 Å². The number of nitrogens with zero attached hydrogens (tertiary/aromatic N) is 4. The van der Waals surface area contributed by atoms with E-state index in [0.717, 1.165) is 10.4 Å². The number of fused-ring (bicyclic) bond motifs is 1. The van der Waals surface area contributed by atoms with E-state index in [4.69, 9.17) is 23.2 Å². The smallest absolute Gasteiger partial charge is 0.368 e. The summed E-state index contributed by atoms with van der Waals surface area (Å²) in [7, 11) is 0. The van der Waals surface area contributed by atoms with Crippen LogP contribution in [0.25, 0.3) is 0 Å². The van der Waals surface area contributed by atoms with Gasteiger partial charge in [0.2, 0.25) is 0 Å². The molecule has 2 aromatic carbocycles. The Balaban J connectivity index is 1.36. The van der Waals surface area contributed by atoms with Gasteiger partial charge in [0.25, 0.3) is 5.91 Å². The lowest BCUT2D eigenvalue weighted by Gasteiger charge is -2.35. The number of halogens is 5. The number of aromatic nitrogens is 2. The zero-order chi connectivity index (χ0) is 24.7. The Hall–Kier alpha value is -2.91. The van der Waals surface area contributed by atoms with Crippen molar-refractivity contribution >= 4 is 40.6 Å². The van der Waals surface area contributed by atoms with Crippen LogP contribution in [0, 0.1) is 0 Å². The second kappa shape index (κ2) is 9.28. The Morgan fingerprint density at radius 3 is 2.34 bits per heavy atom. The molecule has 0 radical (unpaired) electrons. The fraction of sp³-hybridized carbons (Fsp3) is 0.333. The quantitative estimate of drug-likeness (QED) is 0.470. The molecule has 3 aromatic rings. The van der Waals surface area contributed by atoms with Gasteiger partial charge in [0.05, 0.1) is 16.1 Å². The van der Waals surface area contributed by atoms with Gasteiger partial charge in [-0.05, 0) is 29.8 Å². The van der Waals surface area contributed by atoms with Crippen LogP contribution in [0.15, 0.2) is 54.6 Å². The molecular formula is C24H22Cl2F3N5O. The number of piperazine rings is 1. The van der Waals surface area contributed by atoms with Crippen LogP contribution in [0.2, 0.25) is 10.0 Å². The van der Waals surface area contributed by atoms with Gasteiger partial charge in [0, 0.05) is 44.4 Å². The van der Waals surface area contributed by atoms with E-state index in [2.05, 4.69) is 15.3 Å². The second-order valence-electron chi connectivity index (χ2n) is 8.64. The number of amides is 1. The lowest BCUT2D eigenvalue weighted by atomic mass is 9.97. The number of anilines is 2. The minimum Gasteiger partial charge on any atom is -0.368 e. The molecule has 6 nitrogen and oxygen atoms in total. The molecule has 1 saturated heterocycles. The van der Waals surface area contributed by atoms with Crippen LogP contribution in [0.3, 0.4) is 0 Å². The molecule has 1 aromatic heterocycles. The van der Waals surface area contributed by atoms with Gasteiger partial charge in [-0.2, -0.15) is 18.3 Å². The van der Waals surface area contributed by atoms with E-state index in [1.165, 1.54) is 6.07 Å². The maximum atomic E-state index is 14.0. The standard InChI is InChI=1S/C24H22Cl2F3N5O/c25-17-7-6-15(12-18(17)26)19-13-21(24(27,28)29)34-22(30-19)14-20(31-34)23(35)33-10-8-32(9-11-33)16-4-2-1-3-5-16/h1-7,12,14,19,21,30H,8-11,13H2. The van der Waals surface area contributed by atoms with E-state index in [9.17, 15) is 18.0 Å². The fourth-order valence-corrected chi connectivity index (χ4v) is 4.90. The molecule has 11 heteroatoms. The van der Waals surface area contributed by atoms with Gasteiger partial charge in [0.1, 0.15) is 5.82 Å². The predicted octanol–water partition coefficient (Wildman–Crippen LogP) is 5.81. The first-order valence-electron chi connectivity index (χ1n) is 11.2. The minimum absolute atomic E-state index is 0.00954. The SMILES string of the molecule is O=C(c1cc2n(n1)C(C(F)(F)F)CC(c1ccc(Cl)c(Cl)c1)N2)N1CCN(c2ccccc2)CC1. The van der Waals surface area contributed by atoms with Gasteiger partial charge < -0.3 is 15.1 Å². The normalized spacial score (nSPS) is 20.4. The third kappa shape index (κ3) is 4.79. The van der Waals surface area contributed by atoms with Crippen LogP contribution in [-0.4, -0.2) is 52.9 Å². The van der Waals surface area contributed by atoms with E-state index in [-0.39, 0.29) is 28.9 Å². The summed E-state index contributed by atoms with van der Waals surface area (Å²) in [5.74, 6) is -0.241. The Morgan fingerprint density at radius 1 is 0.971 bits per heavy atom. The zero-order valence-electron chi connectivity index (χ0n) is 18.5.